The molecule has 1 aliphatic rings. The minimum Gasteiger partial charge on any atom is -0.382 e. The van der Waals surface area contributed by atoms with Crippen LogP contribution in [0.4, 0.5) is 21.7 Å². The third-order valence-corrected chi connectivity index (χ3v) is 6.66. The predicted octanol–water partition coefficient (Wildman–Crippen LogP) is 3.12. The van der Waals surface area contributed by atoms with Crippen molar-refractivity contribution < 1.29 is 12.8 Å². The average Bonchev–Trinajstić information content (AvgIpc) is 2.73. The lowest BCUT2D eigenvalue weighted by atomic mass is 10.1. The predicted molar refractivity (Wildman–Crippen MR) is 115 cm³/mol. The van der Waals surface area contributed by atoms with Gasteiger partial charge in [-0.15, -0.1) is 0 Å². The van der Waals surface area contributed by atoms with Crippen LogP contribution in [-0.4, -0.2) is 24.4 Å². The molecule has 2 aromatic carbocycles. The molecule has 4 rings (SSSR count). The van der Waals surface area contributed by atoms with Crippen molar-refractivity contribution in [1.29, 1.82) is 5.26 Å². The Bertz CT molecular complexity index is 1340. The van der Waals surface area contributed by atoms with Crippen molar-refractivity contribution in [2.24, 2.45) is 0 Å². The summed E-state index contributed by atoms with van der Waals surface area (Å²) in [5, 5.41) is 12.4. The number of hydrogen-bond acceptors (Lipinski definition) is 7. The normalized spacial score (nSPS) is 15.4. The van der Waals surface area contributed by atoms with E-state index in [4.69, 9.17) is 5.73 Å². The van der Waals surface area contributed by atoms with E-state index >= 15 is 0 Å². The second-order valence-electron chi connectivity index (χ2n) is 6.79. The molecular formula is C21H17FN6O2S. The summed E-state index contributed by atoms with van der Waals surface area (Å²) in [5.41, 5.74) is 6.70. The molecule has 0 radical (unpaired) electrons. The van der Waals surface area contributed by atoms with Crippen LogP contribution in [0.5, 0.6) is 0 Å². The van der Waals surface area contributed by atoms with Gasteiger partial charge in [-0.1, -0.05) is 30.3 Å². The lowest BCUT2D eigenvalue weighted by Gasteiger charge is -2.34. The highest BCUT2D eigenvalue weighted by molar-refractivity contribution is 7.93. The van der Waals surface area contributed by atoms with Gasteiger partial charge in [-0.05, 0) is 36.8 Å². The van der Waals surface area contributed by atoms with Crippen molar-refractivity contribution in [2.75, 3.05) is 15.4 Å². The molecule has 8 nitrogen and oxygen atoms in total. The fourth-order valence-corrected chi connectivity index (χ4v) is 5.22. The zero-order valence-electron chi connectivity index (χ0n) is 16.3. The molecule has 0 aliphatic carbocycles. The molecule has 10 heteroatoms. The minimum atomic E-state index is -4.25. The first-order chi connectivity index (χ1) is 14.8. The Morgan fingerprint density at radius 2 is 1.90 bits per heavy atom. The zero-order chi connectivity index (χ0) is 22.2. The van der Waals surface area contributed by atoms with Crippen molar-refractivity contribution in [1.82, 2.24) is 9.97 Å². The molecule has 1 aromatic heterocycles. The number of sulfonamides is 1. The number of hydrogen-bond donors (Lipinski definition) is 2. The first kappa shape index (κ1) is 20.3. The fraction of sp³-hybridized carbons (Fsp3) is 0.0952. The van der Waals surface area contributed by atoms with Crippen LogP contribution >= 0.6 is 0 Å². The number of nitrogens with two attached hydrogens (primary N) is 1. The van der Waals surface area contributed by atoms with Crippen molar-refractivity contribution in [3.05, 3.63) is 77.5 Å². The number of benzene rings is 2. The number of fused-ring (bicyclic) bond motifs is 1. The standard InChI is InChI=1S/C21H17FN6O2S/c1-13(27-21-16(11-23)20(24)25-12-26-21)18-10-14-6-5-9-17(22)19(14)31(29,30)28(18)15-7-3-2-4-8-15/h2-10,12-13H,1H3,(H3,24,25,26,27)/t13-/m0/s1. The number of nitriles is 1. The van der Waals surface area contributed by atoms with Gasteiger partial charge in [-0.25, -0.2) is 27.1 Å². The molecule has 1 aliphatic heterocycles. The molecule has 0 saturated heterocycles. The summed E-state index contributed by atoms with van der Waals surface area (Å²) in [5.74, 6) is -0.659. The largest absolute Gasteiger partial charge is 0.382 e. The van der Waals surface area contributed by atoms with Gasteiger partial charge in [0.25, 0.3) is 10.0 Å². The maximum absolute atomic E-state index is 14.6. The maximum Gasteiger partial charge on any atom is 0.271 e. The van der Waals surface area contributed by atoms with Gasteiger partial charge < -0.3 is 11.1 Å². The molecule has 3 N–H and O–H groups in total. The number of rotatable bonds is 4. The van der Waals surface area contributed by atoms with E-state index in [0.717, 1.165) is 10.4 Å². The zero-order valence-corrected chi connectivity index (χ0v) is 17.1. The van der Waals surface area contributed by atoms with E-state index in [1.54, 1.807) is 43.3 Å². The molecule has 1 atom stereocenters. The van der Waals surface area contributed by atoms with Gasteiger partial charge >= 0.3 is 0 Å². The molecule has 3 aromatic rings. The van der Waals surface area contributed by atoms with E-state index in [-0.39, 0.29) is 22.8 Å². The fourth-order valence-electron chi connectivity index (χ4n) is 3.41. The third-order valence-electron chi connectivity index (χ3n) is 4.81. The second kappa shape index (κ2) is 7.70. The molecule has 2 heterocycles. The number of aromatic nitrogens is 2. The minimum absolute atomic E-state index is 0.00442. The van der Waals surface area contributed by atoms with Gasteiger partial charge in [-0.2, -0.15) is 5.26 Å². The van der Waals surface area contributed by atoms with Crippen LogP contribution in [0.2, 0.25) is 0 Å². The van der Waals surface area contributed by atoms with Gasteiger partial charge in [0, 0.05) is 0 Å². The Hall–Kier alpha value is -3.97. The molecule has 0 unspecified atom stereocenters. The summed E-state index contributed by atoms with van der Waals surface area (Å²) in [7, 11) is -4.25. The van der Waals surface area contributed by atoms with Crippen LogP contribution < -0.4 is 15.4 Å². The van der Waals surface area contributed by atoms with Gasteiger partial charge in [0.2, 0.25) is 0 Å². The van der Waals surface area contributed by atoms with Crippen molar-refractivity contribution in [2.45, 2.75) is 17.9 Å². The highest BCUT2D eigenvalue weighted by Crippen LogP contribution is 2.38. The van der Waals surface area contributed by atoms with E-state index in [1.807, 2.05) is 6.07 Å². The van der Waals surface area contributed by atoms with Crippen LogP contribution in [0.15, 0.2) is 65.5 Å². The number of para-hydroxylation sites is 1. The van der Waals surface area contributed by atoms with Crippen LogP contribution in [0.1, 0.15) is 18.1 Å². The van der Waals surface area contributed by atoms with Gasteiger partial charge in [0.1, 0.15) is 40.3 Å². The average molecular weight is 436 g/mol. The topological polar surface area (TPSA) is 125 Å². The molecule has 156 valence electrons. The van der Waals surface area contributed by atoms with E-state index in [9.17, 15) is 18.1 Å². The quantitative estimate of drug-likeness (QED) is 0.644. The summed E-state index contributed by atoms with van der Waals surface area (Å²) in [6.45, 7) is 1.71. The van der Waals surface area contributed by atoms with Crippen LogP contribution in [0, 0.1) is 17.1 Å². The lowest BCUT2D eigenvalue weighted by molar-refractivity contribution is 0.563. The number of halogens is 1. The van der Waals surface area contributed by atoms with E-state index in [1.165, 1.54) is 18.5 Å². The molecule has 0 amide bonds. The molecule has 31 heavy (non-hydrogen) atoms. The van der Waals surface area contributed by atoms with E-state index in [2.05, 4.69) is 15.3 Å². The lowest BCUT2D eigenvalue weighted by Crippen LogP contribution is -2.40. The highest BCUT2D eigenvalue weighted by atomic mass is 32.2. The maximum atomic E-state index is 14.6. The first-order valence-electron chi connectivity index (χ1n) is 9.22. The highest BCUT2D eigenvalue weighted by Gasteiger charge is 2.38. The summed E-state index contributed by atoms with van der Waals surface area (Å²) >= 11 is 0. The number of anilines is 3. The number of nitrogen functional groups attached to an aromatic ring is 1. The Morgan fingerprint density at radius 3 is 2.61 bits per heavy atom. The SMILES string of the molecule is C[C@H](Nc1ncnc(N)c1C#N)C1=Cc2cccc(F)c2S(=O)(=O)N1c1ccccc1. The van der Waals surface area contributed by atoms with Gasteiger partial charge in [-0.3, -0.25) is 0 Å². The van der Waals surface area contributed by atoms with Gasteiger partial charge in [0.05, 0.1) is 17.4 Å². The third kappa shape index (κ3) is 3.45. The second-order valence-corrected chi connectivity index (χ2v) is 8.52. The molecule has 0 spiro atoms. The van der Waals surface area contributed by atoms with Crippen LogP contribution in [0.25, 0.3) is 6.08 Å². The first-order valence-corrected chi connectivity index (χ1v) is 10.7. The summed E-state index contributed by atoms with van der Waals surface area (Å²) in [4.78, 5) is 7.46. The Labute approximate surface area is 178 Å². The van der Waals surface area contributed by atoms with Crippen LogP contribution in [-0.2, 0) is 10.0 Å². The molecule has 0 saturated carbocycles. The van der Waals surface area contributed by atoms with Crippen LogP contribution in [0.3, 0.4) is 0 Å². The van der Waals surface area contributed by atoms with Crippen molar-refractivity contribution in [3.8, 4) is 6.07 Å². The monoisotopic (exact) mass is 436 g/mol. The Balaban J connectivity index is 1.88. The molecule has 0 fully saturated rings. The van der Waals surface area contributed by atoms with E-state index < -0.39 is 26.8 Å². The smallest absolute Gasteiger partial charge is 0.271 e. The number of nitrogens with zero attached hydrogens (tertiary/aromatic N) is 4. The Kier molecular flexibility index (Phi) is 5.04. The molecular weight excluding hydrogens is 419 g/mol. The molecule has 0 bridgehead atoms. The van der Waals surface area contributed by atoms with Crippen molar-refractivity contribution >= 4 is 33.4 Å². The van der Waals surface area contributed by atoms with Crippen molar-refractivity contribution in [3.63, 3.8) is 0 Å². The summed E-state index contributed by atoms with van der Waals surface area (Å²) in [6.07, 6.45) is 2.80. The van der Waals surface area contributed by atoms with E-state index in [0.29, 0.717) is 11.4 Å². The summed E-state index contributed by atoms with van der Waals surface area (Å²) in [6, 6.07) is 13.8. The summed E-state index contributed by atoms with van der Waals surface area (Å²) < 4.78 is 42.6. The number of nitrogens with one attached hydrogen (secondary N) is 1. The van der Waals surface area contributed by atoms with Gasteiger partial charge in [0.15, 0.2) is 0 Å². The Morgan fingerprint density at radius 1 is 1.16 bits per heavy atom.